The van der Waals surface area contributed by atoms with Crippen molar-refractivity contribution in [2.75, 3.05) is 7.11 Å². The lowest BCUT2D eigenvalue weighted by Crippen LogP contribution is -1.98. The second-order valence-electron chi connectivity index (χ2n) is 4.54. The van der Waals surface area contributed by atoms with Crippen LogP contribution < -0.4 is 9.47 Å². The maximum atomic E-state index is 13.1. The lowest BCUT2D eigenvalue weighted by Gasteiger charge is -2.09. The average Bonchev–Trinajstić information content (AvgIpc) is 2.94. The molecule has 1 heterocycles. The summed E-state index contributed by atoms with van der Waals surface area (Å²) in [5, 5.41) is 0. The number of carbonyl (C=O) groups is 1. The highest BCUT2D eigenvalue weighted by Gasteiger charge is 2.10. The molecule has 0 N–H and O–H groups in total. The van der Waals surface area contributed by atoms with E-state index in [9.17, 15) is 9.18 Å². The molecule has 0 amide bonds. The minimum absolute atomic E-state index is 0.0626. The van der Waals surface area contributed by atoms with Crippen molar-refractivity contribution in [3.8, 4) is 11.5 Å². The molecular weight excluding hydrogens is 289 g/mol. The smallest absolute Gasteiger partial charge is 0.233 e. The number of carbonyl (C=O) groups excluding carboxylic acids is 1. The number of fused-ring (bicyclic) bond motifs is 1. The van der Waals surface area contributed by atoms with Gasteiger partial charge in [0.1, 0.15) is 17.6 Å². The number of aromatic nitrogens is 1. The zero-order valence-corrected chi connectivity index (χ0v) is 11.7. The molecule has 2 aromatic carbocycles. The number of benzene rings is 2. The first-order valence-electron chi connectivity index (χ1n) is 6.50. The highest BCUT2D eigenvalue weighted by Crippen LogP contribution is 2.28. The molecule has 0 aliphatic heterocycles. The Morgan fingerprint density at radius 3 is 2.86 bits per heavy atom. The highest BCUT2D eigenvalue weighted by molar-refractivity contribution is 5.76. The van der Waals surface area contributed by atoms with Crippen LogP contribution in [0.4, 0.5) is 4.39 Å². The average molecular weight is 301 g/mol. The van der Waals surface area contributed by atoms with Gasteiger partial charge in [-0.05, 0) is 30.3 Å². The van der Waals surface area contributed by atoms with Gasteiger partial charge in [-0.15, -0.1) is 0 Å². The Morgan fingerprint density at radius 1 is 1.23 bits per heavy atom. The quantitative estimate of drug-likeness (QED) is 0.676. The number of aldehydes is 1. The summed E-state index contributed by atoms with van der Waals surface area (Å²) in [6, 6.07) is 8.93. The normalized spacial score (nSPS) is 10.6. The number of rotatable bonds is 5. The van der Waals surface area contributed by atoms with E-state index in [1.54, 1.807) is 18.2 Å². The van der Waals surface area contributed by atoms with Crippen LogP contribution in [-0.4, -0.2) is 18.4 Å². The molecule has 0 aliphatic rings. The highest BCUT2D eigenvalue weighted by atomic mass is 19.1. The largest absolute Gasteiger partial charge is 0.493 e. The third-order valence-electron chi connectivity index (χ3n) is 3.07. The molecule has 6 heteroatoms. The Morgan fingerprint density at radius 2 is 2.09 bits per heavy atom. The molecule has 3 rings (SSSR count). The van der Waals surface area contributed by atoms with Crippen molar-refractivity contribution in [3.63, 3.8) is 0 Å². The number of oxazole rings is 1. The predicted octanol–water partition coefficient (Wildman–Crippen LogP) is 3.37. The van der Waals surface area contributed by atoms with Crippen LogP contribution in [-0.2, 0) is 6.61 Å². The Hall–Kier alpha value is -2.89. The van der Waals surface area contributed by atoms with Crippen LogP contribution in [0, 0.1) is 5.82 Å². The first-order valence-corrected chi connectivity index (χ1v) is 6.50. The van der Waals surface area contributed by atoms with Gasteiger partial charge < -0.3 is 13.9 Å². The van der Waals surface area contributed by atoms with Gasteiger partial charge >= 0.3 is 0 Å². The second-order valence-corrected chi connectivity index (χ2v) is 4.54. The van der Waals surface area contributed by atoms with Crippen LogP contribution in [0.5, 0.6) is 11.5 Å². The molecule has 0 saturated carbocycles. The summed E-state index contributed by atoms with van der Waals surface area (Å²) in [5.41, 5.74) is 1.41. The van der Waals surface area contributed by atoms with E-state index in [0.717, 1.165) is 6.29 Å². The molecule has 0 unspecified atom stereocenters. The SMILES string of the molecule is COc1cc(C=O)ccc1OCc1nc2cc(F)ccc2o1. The van der Waals surface area contributed by atoms with Crippen LogP contribution in [0.3, 0.4) is 0 Å². The fourth-order valence-corrected chi connectivity index (χ4v) is 2.03. The van der Waals surface area contributed by atoms with Gasteiger partial charge in [-0.1, -0.05) is 0 Å². The molecule has 0 radical (unpaired) electrons. The molecule has 0 spiro atoms. The van der Waals surface area contributed by atoms with Crippen molar-refractivity contribution in [1.29, 1.82) is 0 Å². The van der Waals surface area contributed by atoms with Crippen LogP contribution in [0.25, 0.3) is 11.1 Å². The van der Waals surface area contributed by atoms with Crippen LogP contribution >= 0.6 is 0 Å². The summed E-state index contributed by atoms with van der Waals surface area (Å²) >= 11 is 0. The summed E-state index contributed by atoms with van der Waals surface area (Å²) in [5.74, 6) is 0.842. The minimum atomic E-state index is -0.376. The van der Waals surface area contributed by atoms with E-state index in [1.165, 1.54) is 25.3 Å². The Kier molecular flexibility index (Phi) is 3.74. The molecule has 0 aliphatic carbocycles. The molecule has 112 valence electrons. The standard InChI is InChI=1S/C16H12FNO4/c1-20-15-6-10(8-19)2-4-14(15)21-9-16-18-12-7-11(17)3-5-13(12)22-16/h2-8H,9H2,1H3. The second kappa shape index (κ2) is 5.85. The molecule has 22 heavy (non-hydrogen) atoms. The van der Waals surface area contributed by atoms with E-state index in [2.05, 4.69) is 4.98 Å². The number of halogens is 1. The van der Waals surface area contributed by atoms with Gasteiger partial charge in [0.05, 0.1) is 7.11 Å². The number of hydrogen-bond acceptors (Lipinski definition) is 5. The van der Waals surface area contributed by atoms with E-state index >= 15 is 0 Å². The number of ether oxygens (including phenoxy) is 2. The maximum absolute atomic E-state index is 13.1. The third-order valence-corrected chi connectivity index (χ3v) is 3.07. The van der Waals surface area contributed by atoms with Crippen molar-refractivity contribution in [2.24, 2.45) is 0 Å². The van der Waals surface area contributed by atoms with Crippen molar-refractivity contribution in [1.82, 2.24) is 4.98 Å². The van der Waals surface area contributed by atoms with Gasteiger partial charge in [0.15, 0.2) is 23.7 Å². The number of hydrogen-bond donors (Lipinski definition) is 0. The van der Waals surface area contributed by atoms with Crippen molar-refractivity contribution < 1.29 is 23.1 Å². The zero-order valence-electron chi connectivity index (χ0n) is 11.7. The molecule has 3 aromatic rings. The van der Waals surface area contributed by atoms with Gasteiger partial charge in [0, 0.05) is 11.6 Å². The Bertz CT molecular complexity index is 828. The molecular formula is C16H12FNO4. The van der Waals surface area contributed by atoms with Crippen LogP contribution in [0.15, 0.2) is 40.8 Å². The Balaban J connectivity index is 1.80. The van der Waals surface area contributed by atoms with E-state index in [0.29, 0.717) is 34.1 Å². The molecule has 0 fully saturated rings. The lowest BCUT2D eigenvalue weighted by atomic mass is 10.2. The number of nitrogens with zero attached hydrogens (tertiary/aromatic N) is 1. The number of methoxy groups -OCH3 is 1. The fourth-order valence-electron chi connectivity index (χ4n) is 2.03. The Labute approximate surface area is 125 Å². The summed E-state index contributed by atoms with van der Waals surface area (Å²) < 4.78 is 29.3. The first-order chi connectivity index (χ1) is 10.7. The zero-order chi connectivity index (χ0) is 15.5. The summed E-state index contributed by atoms with van der Waals surface area (Å²) in [7, 11) is 1.49. The summed E-state index contributed by atoms with van der Waals surface area (Å²) in [6.07, 6.45) is 0.724. The summed E-state index contributed by atoms with van der Waals surface area (Å²) in [4.78, 5) is 14.9. The van der Waals surface area contributed by atoms with Crippen LogP contribution in [0.2, 0.25) is 0 Å². The van der Waals surface area contributed by atoms with E-state index in [4.69, 9.17) is 13.9 Å². The first kappa shape index (κ1) is 14.1. The molecule has 5 nitrogen and oxygen atoms in total. The predicted molar refractivity (Wildman–Crippen MR) is 76.7 cm³/mol. The maximum Gasteiger partial charge on any atom is 0.233 e. The third kappa shape index (κ3) is 2.76. The topological polar surface area (TPSA) is 61.6 Å². The molecule has 1 aromatic heterocycles. The van der Waals surface area contributed by atoms with Gasteiger partial charge in [-0.3, -0.25) is 4.79 Å². The van der Waals surface area contributed by atoms with Crippen molar-refractivity contribution >= 4 is 17.4 Å². The molecule has 0 saturated heterocycles. The molecule has 0 atom stereocenters. The monoisotopic (exact) mass is 301 g/mol. The molecule has 0 bridgehead atoms. The van der Waals surface area contributed by atoms with E-state index in [-0.39, 0.29) is 12.4 Å². The fraction of sp³-hybridized carbons (Fsp3) is 0.125. The minimum Gasteiger partial charge on any atom is -0.493 e. The van der Waals surface area contributed by atoms with Crippen molar-refractivity contribution in [3.05, 3.63) is 53.7 Å². The van der Waals surface area contributed by atoms with Crippen molar-refractivity contribution in [2.45, 2.75) is 6.61 Å². The van der Waals surface area contributed by atoms with Gasteiger partial charge in [0.25, 0.3) is 0 Å². The van der Waals surface area contributed by atoms with Crippen LogP contribution in [0.1, 0.15) is 16.2 Å². The van der Waals surface area contributed by atoms with Gasteiger partial charge in [0.2, 0.25) is 5.89 Å². The lowest BCUT2D eigenvalue weighted by molar-refractivity contribution is 0.112. The summed E-state index contributed by atoms with van der Waals surface area (Å²) in [6.45, 7) is 0.0626. The van der Waals surface area contributed by atoms with Gasteiger partial charge in [-0.25, -0.2) is 9.37 Å². The van der Waals surface area contributed by atoms with Gasteiger partial charge in [-0.2, -0.15) is 0 Å². The van der Waals surface area contributed by atoms with E-state index < -0.39 is 0 Å². The van der Waals surface area contributed by atoms with E-state index in [1.807, 2.05) is 0 Å².